The Morgan fingerprint density at radius 3 is 1.94 bits per heavy atom. The van der Waals surface area contributed by atoms with Crippen molar-refractivity contribution in [1.82, 2.24) is 9.44 Å². The zero-order valence-electron chi connectivity index (χ0n) is 21.6. The van der Waals surface area contributed by atoms with Crippen molar-refractivity contribution in [2.24, 2.45) is 0 Å². The van der Waals surface area contributed by atoms with Gasteiger partial charge in [-0.1, -0.05) is 55.8 Å². The van der Waals surface area contributed by atoms with Gasteiger partial charge in [-0.05, 0) is 63.8 Å². The fourth-order valence-electron chi connectivity index (χ4n) is 3.64. The Labute approximate surface area is 212 Å². The third-order valence-electron chi connectivity index (χ3n) is 5.89. The van der Waals surface area contributed by atoms with Crippen LogP contribution in [0.5, 0.6) is 0 Å². The van der Waals surface area contributed by atoms with Gasteiger partial charge in [0.1, 0.15) is 0 Å². The Balaban J connectivity index is 2.16. The lowest BCUT2D eigenvalue weighted by molar-refractivity contribution is 0.515. The highest BCUT2D eigenvalue weighted by atomic mass is 32.2. The fraction of sp³-hybridized carbons (Fsp3) is 0.538. The number of hydrogen-bond donors (Lipinski definition) is 2. The molecule has 2 aromatic carbocycles. The quantitative estimate of drug-likeness (QED) is 0.367. The van der Waals surface area contributed by atoms with Gasteiger partial charge in [-0.2, -0.15) is 0 Å². The second kappa shape index (κ2) is 13.4. The van der Waals surface area contributed by atoms with E-state index in [2.05, 4.69) is 33.4 Å². The molecule has 0 aliphatic rings. The van der Waals surface area contributed by atoms with E-state index in [0.29, 0.717) is 26.1 Å². The molecule has 0 spiro atoms. The van der Waals surface area contributed by atoms with Gasteiger partial charge in [0, 0.05) is 31.4 Å². The van der Waals surface area contributed by atoms with E-state index >= 15 is 0 Å². The first-order chi connectivity index (χ1) is 16.4. The minimum Gasteiger partial charge on any atom is -0.366 e. The molecule has 1 atom stereocenters. The number of rotatable bonds is 15. The van der Waals surface area contributed by atoms with Crippen LogP contribution in [0.4, 0.5) is 5.69 Å². The summed E-state index contributed by atoms with van der Waals surface area (Å²) >= 11 is 0. The van der Waals surface area contributed by atoms with Crippen LogP contribution < -0.4 is 14.3 Å². The zero-order chi connectivity index (χ0) is 26.1. The van der Waals surface area contributed by atoms with Crippen molar-refractivity contribution >= 4 is 25.7 Å². The maximum atomic E-state index is 12.4. The molecule has 2 aromatic rings. The van der Waals surface area contributed by atoms with Crippen molar-refractivity contribution in [3.8, 4) is 0 Å². The average molecular weight is 524 g/mol. The summed E-state index contributed by atoms with van der Waals surface area (Å²) in [6, 6.07) is 18.0. The van der Waals surface area contributed by atoms with Gasteiger partial charge in [0.15, 0.2) is 0 Å². The molecular formula is C26H41N3O4S2. The van der Waals surface area contributed by atoms with Crippen LogP contribution in [0, 0.1) is 0 Å². The van der Waals surface area contributed by atoms with E-state index < -0.39 is 30.5 Å². The highest BCUT2D eigenvalue weighted by molar-refractivity contribution is 7.90. The van der Waals surface area contributed by atoms with Gasteiger partial charge in [-0.25, -0.2) is 26.3 Å². The van der Waals surface area contributed by atoms with Crippen LogP contribution in [0.25, 0.3) is 0 Å². The van der Waals surface area contributed by atoms with Crippen molar-refractivity contribution in [1.29, 1.82) is 0 Å². The molecular weight excluding hydrogens is 482 g/mol. The Bertz CT molecular complexity index is 1100. The number of anilines is 1. The van der Waals surface area contributed by atoms with E-state index in [4.69, 9.17) is 0 Å². The van der Waals surface area contributed by atoms with E-state index in [1.54, 1.807) is 27.7 Å². The highest BCUT2D eigenvalue weighted by Crippen LogP contribution is 2.20. The SMILES string of the molecule is CCCC(Cc1ccc(N(CCNS(=O)(=O)C(C)C)Cc2ccccc2)cc1)NS(=O)(=O)C(C)C. The van der Waals surface area contributed by atoms with Crippen LogP contribution in [0.3, 0.4) is 0 Å². The molecule has 0 fully saturated rings. The van der Waals surface area contributed by atoms with Gasteiger partial charge in [0.2, 0.25) is 20.0 Å². The lowest BCUT2D eigenvalue weighted by Gasteiger charge is -2.26. The standard InChI is InChI=1S/C26H41N3O4S2/c1-6-10-25(28-35(32,33)22(4)5)19-23-13-15-26(16-14-23)29(20-24-11-8-7-9-12-24)18-17-27-34(30,31)21(2)3/h7-9,11-16,21-22,25,27-28H,6,10,17-20H2,1-5H3. The molecule has 2 rings (SSSR count). The predicted molar refractivity (Wildman–Crippen MR) is 146 cm³/mol. The number of sulfonamides is 2. The van der Waals surface area contributed by atoms with E-state index in [1.807, 2.05) is 42.5 Å². The van der Waals surface area contributed by atoms with Gasteiger partial charge in [-0.15, -0.1) is 0 Å². The smallest absolute Gasteiger partial charge is 0.214 e. The first kappa shape index (κ1) is 29.3. The first-order valence-corrected chi connectivity index (χ1v) is 15.4. The molecule has 2 N–H and O–H groups in total. The average Bonchev–Trinajstić information content (AvgIpc) is 2.79. The number of nitrogens with one attached hydrogen (secondary N) is 2. The summed E-state index contributed by atoms with van der Waals surface area (Å²) in [7, 11) is -6.67. The lowest BCUT2D eigenvalue weighted by Crippen LogP contribution is -2.40. The van der Waals surface area contributed by atoms with Gasteiger partial charge >= 0.3 is 0 Å². The van der Waals surface area contributed by atoms with Crippen LogP contribution in [0.1, 0.15) is 58.6 Å². The summed E-state index contributed by atoms with van der Waals surface area (Å²) in [5.74, 6) is 0. The van der Waals surface area contributed by atoms with Crippen molar-refractivity contribution in [2.45, 2.75) is 77.0 Å². The molecule has 196 valence electrons. The summed E-state index contributed by atoms with van der Waals surface area (Å²) in [5.41, 5.74) is 3.17. The summed E-state index contributed by atoms with van der Waals surface area (Å²) < 4.78 is 54.6. The topological polar surface area (TPSA) is 95.6 Å². The molecule has 0 aromatic heterocycles. The normalized spacial score (nSPS) is 13.3. The molecule has 0 bridgehead atoms. The summed E-state index contributed by atoms with van der Waals surface area (Å²) in [5, 5.41) is -0.947. The van der Waals surface area contributed by atoms with E-state index in [1.165, 1.54) is 0 Å². The number of benzene rings is 2. The first-order valence-electron chi connectivity index (χ1n) is 12.3. The molecule has 0 heterocycles. The zero-order valence-corrected chi connectivity index (χ0v) is 23.2. The Hall–Kier alpha value is -1.94. The molecule has 7 nitrogen and oxygen atoms in total. The molecule has 1 unspecified atom stereocenters. The number of hydrogen-bond acceptors (Lipinski definition) is 5. The fourth-order valence-corrected chi connectivity index (χ4v) is 5.29. The summed E-state index contributed by atoms with van der Waals surface area (Å²) in [4.78, 5) is 2.15. The van der Waals surface area contributed by atoms with Gasteiger partial charge in [0.25, 0.3) is 0 Å². The minimum atomic E-state index is -3.34. The number of nitrogens with zero attached hydrogens (tertiary/aromatic N) is 1. The van der Waals surface area contributed by atoms with Crippen molar-refractivity contribution in [3.63, 3.8) is 0 Å². The van der Waals surface area contributed by atoms with Gasteiger partial charge < -0.3 is 4.90 Å². The summed E-state index contributed by atoms with van der Waals surface area (Å²) in [6.07, 6.45) is 2.28. The molecule has 0 amide bonds. The molecule has 0 aliphatic heterocycles. The molecule has 35 heavy (non-hydrogen) atoms. The van der Waals surface area contributed by atoms with Gasteiger partial charge in [0.05, 0.1) is 10.5 Å². The second-order valence-corrected chi connectivity index (χ2v) is 14.1. The maximum Gasteiger partial charge on any atom is 0.214 e. The molecule has 0 saturated carbocycles. The van der Waals surface area contributed by atoms with Crippen molar-refractivity contribution < 1.29 is 16.8 Å². The molecule has 0 saturated heterocycles. The van der Waals surface area contributed by atoms with E-state index in [0.717, 1.165) is 29.7 Å². The lowest BCUT2D eigenvalue weighted by atomic mass is 10.0. The Morgan fingerprint density at radius 2 is 1.40 bits per heavy atom. The Morgan fingerprint density at radius 1 is 0.800 bits per heavy atom. The van der Waals surface area contributed by atoms with E-state index in [9.17, 15) is 16.8 Å². The van der Waals surface area contributed by atoms with Crippen LogP contribution in [0.2, 0.25) is 0 Å². The molecule has 0 aliphatic carbocycles. The van der Waals surface area contributed by atoms with Crippen molar-refractivity contribution in [2.75, 3.05) is 18.0 Å². The van der Waals surface area contributed by atoms with Crippen LogP contribution in [-0.2, 0) is 33.0 Å². The molecule has 9 heteroatoms. The minimum absolute atomic E-state index is 0.149. The second-order valence-electron chi connectivity index (χ2n) is 9.46. The maximum absolute atomic E-state index is 12.4. The summed E-state index contributed by atoms with van der Waals surface area (Å²) in [6.45, 7) is 10.2. The third kappa shape index (κ3) is 9.56. The largest absolute Gasteiger partial charge is 0.366 e. The van der Waals surface area contributed by atoms with Crippen LogP contribution in [0.15, 0.2) is 54.6 Å². The van der Waals surface area contributed by atoms with Crippen LogP contribution in [-0.4, -0.2) is 46.5 Å². The molecule has 0 radical (unpaired) electrons. The third-order valence-corrected chi connectivity index (χ3v) is 9.64. The highest BCUT2D eigenvalue weighted by Gasteiger charge is 2.21. The van der Waals surface area contributed by atoms with Crippen molar-refractivity contribution in [3.05, 3.63) is 65.7 Å². The monoisotopic (exact) mass is 523 g/mol. The predicted octanol–water partition coefficient (Wildman–Crippen LogP) is 4.06. The van der Waals surface area contributed by atoms with Gasteiger partial charge in [-0.3, -0.25) is 0 Å². The van der Waals surface area contributed by atoms with E-state index in [-0.39, 0.29) is 6.04 Å². The Kier molecular flexibility index (Phi) is 11.2. The van der Waals surface area contributed by atoms with Crippen LogP contribution >= 0.6 is 0 Å².